The van der Waals surface area contributed by atoms with Gasteiger partial charge in [-0.2, -0.15) is 0 Å². The number of aryl methyl sites for hydroxylation is 2. The summed E-state index contributed by atoms with van der Waals surface area (Å²) in [5.41, 5.74) is 10.4. The molecule has 0 unspecified atom stereocenters. The van der Waals surface area contributed by atoms with Crippen LogP contribution in [0.15, 0.2) is 36.4 Å². The van der Waals surface area contributed by atoms with Crippen LogP contribution in [-0.4, -0.2) is 13.7 Å². The molecule has 21 heavy (non-hydrogen) atoms. The van der Waals surface area contributed by atoms with Crippen molar-refractivity contribution in [2.24, 2.45) is 5.73 Å². The van der Waals surface area contributed by atoms with Crippen LogP contribution >= 0.6 is 0 Å². The van der Waals surface area contributed by atoms with Crippen molar-refractivity contribution in [1.29, 1.82) is 0 Å². The van der Waals surface area contributed by atoms with Crippen LogP contribution in [0.2, 0.25) is 0 Å². The molecule has 0 spiro atoms. The Morgan fingerprint density at radius 2 is 1.62 bits per heavy atom. The first-order valence-corrected chi connectivity index (χ1v) is 7.19. The van der Waals surface area contributed by atoms with E-state index in [0.717, 1.165) is 23.5 Å². The molecule has 0 radical (unpaired) electrons. The minimum atomic E-state index is 0.533. The van der Waals surface area contributed by atoms with E-state index in [2.05, 4.69) is 32.0 Å². The SMILES string of the molecule is COc1ccc(CCN)cc1OCc1cc(C)cc(C)c1. The molecule has 0 aromatic heterocycles. The van der Waals surface area contributed by atoms with Crippen molar-refractivity contribution >= 4 is 0 Å². The van der Waals surface area contributed by atoms with E-state index in [9.17, 15) is 0 Å². The Bertz CT molecular complexity index is 588. The molecule has 0 heterocycles. The molecular formula is C18H23NO2. The van der Waals surface area contributed by atoms with E-state index in [1.807, 2.05) is 18.2 Å². The highest BCUT2D eigenvalue weighted by Crippen LogP contribution is 2.29. The van der Waals surface area contributed by atoms with Crippen molar-refractivity contribution in [2.45, 2.75) is 26.9 Å². The van der Waals surface area contributed by atoms with Gasteiger partial charge in [-0.1, -0.05) is 35.4 Å². The zero-order valence-electron chi connectivity index (χ0n) is 13.0. The minimum Gasteiger partial charge on any atom is -0.493 e. The summed E-state index contributed by atoms with van der Waals surface area (Å²) in [4.78, 5) is 0. The smallest absolute Gasteiger partial charge is 0.161 e. The fourth-order valence-electron chi connectivity index (χ4n) is 2.47. The van der Waals surface area contributed by atoms with Gasteiger partial charge < -0.3 is 15.2 Å². The van der Waals surface area contributed by atoms with Crippen molar-refractivity contribution in [3.63, 3.8) is 0 Å². The van der Waals surface area contributed by atoms with Gasteiger partial charge in [-0.15, -0.1) is 0 Å². The highest BCUT2D eigenvalue weighted by molar-refractivity contribution is 5.43. The van der Waals surface area contributed by atoms with Crippen LogP contribution < -0.4 is 15.2 Å². The van der Waals surface area contributed by atoms with Crippen LogP contribution in [-0.2, 0) is 13.0 Å². The minimum absolute atomic E-state index is 0.533. The Morgan fingerprint density at radius 1 is 0.905 bits per heavy atom. The van der Waals surface area contributed by atoms with Crippen LogP contribution in [0.3, 0.4) is 0 Å². The Hall–Kier alpha value is -2.00. The molecule has 0 bridgehead atoms. The Morgan fingerprint density at radius 3 is 2.24 bits per heavy atom. The lowest BCUT2D eigenvalue weighted by atomic mass is 10.1. The maximum absolute atomic E-state index is 5.95. The van der Waals surface area contributed by atoms with E-state index >= 15 is 0 Å². The van der Waals surface area contributed by atoms with Gasteiger partial charge >= 0.3 is 0 Å². The molecule has 2 aromatic carbocycles. The maximum atomic E-state index is 5.95. The molecule has 0 saturated carbocycles. The standard InChI is InChI=1S/C18H23NO2/c1-13-8-14(2)10-16(9-13)12-21-18-11-15(6-7-19)4-5-17(18)20-3/h4-5,8-11H,6-7,12,19H2,1-3H3. The monoisotopic (exact) mass is 285 g/mol. The third-order valence-electron chi connectivity index (χ3n) is 3.34. The van der Waals surface area contributed by atoms with Gasteiger partial charge in [0.1, 0.15) is 6.61 Å². The predicted molar refractivity (Wildman–Crippen MR) is 86.0 cm³/mol. The summed E-state index contributed by atoms with van der Waals surface area (Å²) in [5.74, 6) is 1.52. The Kier molecular flexibility index (Phi) is 5.23. The van der Waals surface area contributed by atoms with Crippen molar-refractivity contribution in [3.05, 3.63) is 58.7 Å². The van der Waals surface area contributed by atoms with Crippen LogP contribution in [0.5, 0.6) is 11.5 Å². The predicted octanol–water partition coefficient (Wildman–Crippen LogP) is 3.39. The quantitative estimate of drug-likeness (QED) is 0.884. The van der Waals surface area contributed by atoms with Gasteiger partial charge in [0.2, 0.25) is 0 Å². The molecule has 3 heteroatoms. The largest absolute Gasteiger partial charge is 0.493 e. The summed E-state index contributed by atoms with van der Waals surface area (Å²) in [6, 6.07) is 12.4. The van der Waals surface area contributed by atoms with E-state index in [4.69, 9.17) is 15.2 Å². The van der Waals surface area contributed by atoms with E-state index in [1.54, 1.807) is 7.11 Å². The maximum Gasteiger partial charge on any atom is 0.161 e. The summed E-state index contributed by atoms with van der Waals surface area (Å²) in [7, 11) is 1.65. The van der Waals surface area contributed by atoms with Gasteiger partial charge in [-0.05, 0) is 50.1 Å². The second kappa shape index (κ2) is 7.14. The lowest BCUT2D eigenvalue weighted by Gasteiger charge is -2.13. The second-order valence-electron chi connectivity index (χ2n) is 5.31. The summed E-state index contributed by atoms with van der Waals surface area (Å²) >= 11 is 0. The molecule has 0 fully saturated rings. The van der Waals surface area contributed by atoms with Gasteiger partial charge in [-0.3, -0.25) is 0 Å². The molecular weight excluding hydrogens is 262 g/mol. The lowest BCUT2D eigenvalue weighted by Crippen LogP contribution is -2.04. The van der Waals surface area contributed by atoms with Crippen LogP contribution in [0.25, 0.3) is 0 Å². The number of hydrogen-bond acceptors (Lipinski definition) is 3. The van der Waals surface area contributed by atoms with Crippen LogP contribution in [0, 0.1) is 13.8 Å². The Labute approximate surface area is 126 Å². The first kappa shape index (κ1) is 15.4. The van der Waals surface area contributed by atoms with Gasteiger partial charge in [-0.25, -0.2) is 0 Å². The molecule has 0 aliphatic rings. The highest BCUT2D eigenvalue weighted by atomic mass is 16.5. The number of hydrogen-bond donors (Lipinski definition) is 1. The van der Waals surface area contributed by atoms with Crippen LogP contribution in [0.4, 0.5) is 0 Å². The third-order valence-corrected chi connectivity index (χ3v) is 3.34. The molecule has 2 aromatic rings. The molecule has 112 valence electrons. The van der Waals surface area contributed by atoms with Crippen LogP contribution in [0.1, 0.15) is 22.3 Å². The van der Waals surface area contributed by atoms with E-state index in [0.29, 0.717) is 13.2 Å². The summed E-state index contributed by atoms with van der Waals surface area (Å²) in [5, 5.41) is 0. The first-order valence-electron chi connectivity index (χ1n) is 7.19. The van der Waals surface area contributed by atoms with E-state index < -0.39 is 0 Å². The highest BCUT2D eigenvalue weighted by Gasteiger charge is 2.06. The lowest BCUT2D eigenvalue weighted by molar-refractivity contribution is 0.284. The summed E-state index contributed by atoms with van der Waals surface area (Å²) in [6.45, 7) is 5.35. The molecule has 2 rings (SSSR count). The number of ether oxygens (including phenoxy) is 2. The average Bonchev–Trinajstić information content (AvgIpc) is 2.45. The molecule has 0 atom stereocenters. The third kappa shape index (κ3) is 4.23. The summed E-state index contributed by atoms with van der Waals surface area (Å²) in [6.07, 6.45) is 0.837. The topological polar surface area (TPSA) is 44.5 Å². The molecule has 3 nitrogen and oxygen atoms in total. The van der Waals surface area contributed by atoms with E-state index in [-0.39, 0.29) is 0 Å². The normalized spacial score (nSPS) is 10.5. The van der Waals surface area contributed by atoms with Gasteiger partial charge in [0.15, 0.2) is 11.5 Å². The molecule has 2 N–H and O–H groups in total. The zero-order valence-corrected chi connectivity index (χ0v) is 13.0. The molecule has 0 aliphatic heterocycles. The van der Waals surface area contributed by atoms with Crippen molar-refractivity contribution < 1.29 is 9.47 Å². The van der Waals surface area contributed by atoms with E-state index in [1.165, 1.54) is 16.7 Å². The second-order valence-corrected chi connectivity index (χ2v) is 5.31. The Balaban J connectivity index is 2.15. The molecule has 0 amide bonds. The number of methoxy groups -OCH3 is 1. The number of nitrogens with two attached hydrogens (primary N) is 1. The first-order chi connectivity index (χ1) is 10.1. The van der Waals surface area contributed by atoms with Gasteiger partial charge in [0.05, 0.1) is 7.11 Å². The molecule has 0 saturated heterocycles. The fraction of sp³-hybridized carbons (Fsp3) is 0.333. The number of benzene rings is 2. The van der Waals surface area contributed by atoms with Gasteiger partial charge in [0.25, 0.3) is 0 Å². The summed E-state index contributed by atoms with van der Waals surface area (Å²) < 4.78 is 11.3. The van der Waals surface area contributed by atoms with Crippen molar-refractivity contribution in [2.75, 3.05) is 13.7 Å². The fourth-order valence-corrected chi connectivity index (χ4v) is 2.47. The zero-order chi connectivity index (χ0) is 15.2. The van der Waals surface area contributed by atoms with Crippen molar-refractivity contribution in [1.82, 2.24) is 0 Å². The molecule has 0 aliphatic carbocycles. The average molecular weight is 285 g/mol. The van der Waals surface area contributed by atoms with Crippen molar-refractivity contribution in [3.8, 4) is 11.5 Å². The van der Waals surface area contributed by atoms with Gasteiger partial charge in [0, 0.05) is 0 Å². The number of rotatable bonds is 6.